The smallest absolute Gasteiger partial charge is 0.243 e. The fourth-order valence-electron chi connectivity index (χ4n) is 2.91. The molecule has 0 bridgehead atoms. The van der Waals surface area contributed by atoms with Gasteiger partial charge in [0.2, 0.25) is 11.7 Å². The Balaban J connectivity index is 1.43. The van der Waals surface area contributed by atoms with Crippen LogP contribution in [0, 0.1) is 6.92 Å². The second-order valence-electron chi connectivity index (χ2n) is 5.81. The summed E-state index contributed by atoms with van der Waals surface area (Å²) in [5.41, 5.74) is 0. The Hall–Kier alpha value is -2.06. The summed E-state index contributed by atoms with van der Waals surface area (Å²) in [6.07, 6.45) is 1.98. The lowest BCUT2D eigenvalue weighted by atomic mass is 10.1. The first-order valence-corrected chi connectivity index (χ1v) is 8.61. The zero-order valence-electron chi connectivity index (χ0n) is 13.1. The molecule has 0 radical (unpaired) electrons. The summed E-state index contributed by atoms with van der Waals surface area (Å²) in [5.74, 6) is 3.19. The van der Waals surface area contributed by atoms with E-state index in [1.54, 1.807) is 11.3 Å². The van der Waals surface area contributed by atoms with Crippen LogP contribution in [0.5, 0.6) is 0 Å². The van der Waals surface area contributed by atoms with E-state index in [9.17, 15) is 0 Å². The fraction of sp³-hybridized carbons (Fsp3) is 0.467. The van der Waals surface area contributed by atoms with Gasteiger partial charge in [-0.05, 0) is 31.7 Å². The van der Waals surface area contributed by atoms with Gasteiger partial charge in [0, 0.05) is 12.5 Å². The molecule has 7 nitrogen and oxygen atoms in total. The van der Waals surface area contributed by atoms with Crippen molar-refractivity contribution in [2.24, 2.45) is 0 Å². The van der Waals surface area contributed by atoms with Crippen molar-refractivity contribution in [2.75, 3.05) is 0 Å². The van der Waals surface area contributed by atoms with Crippen molar-refractivity contribution in [3.8, 4) is 10.7 Å². The number of hydrogen-bond acceptors (Lipinski definition) is 7. The molecule has 0 aromatic carbocycles. The zero-order chi connectivity index (χ0) is 15.8. The van der Waals surface area contributed by atoms with Crippen LogP contribution in [-0.2, 0) is 13.0 Å². The minimum atomic E-state index is 0.00683. The SMILES string of the molecule is Cc1nc2n(n1)C[C@H](N[C@@H](C)c1nc(-c3cccs3)no1)CC2. The van der Waals surface area contributed by atoms with Crippen molar-refractivity contribution in [2.45, 2.75) is 45.3 Å². The summed E-state index contributed by atoms with van der Waals surface area (Å²) in [6.45, 7) is 4.81. The molecule has 2 atom stereocenters. The molecule has 23 heavy (non-hydrogen) atoms. The Labute approximate surface area is 137 Å². The zero-order valence-corrected chi connectivity index (χ0v) is 13.9. The lowest BCUT2D eigenvalue weighted by Gasteiger charge is -2.25. The van der Waals surface area contributed by atoms with Crippen LogP contribution in [0.25, 0.3) is 10.7 Å². The quantitative estimate of drug-likeness (QED) is 0.791. The van der Waals surface area contributed by atoms with Crippen LogP contribution in [0.2, 0.25) is 0 Å². The number of rotatable bonds is 4. The number of aryl methyl sites for hydroxylation is 2. The predicted octanol–water partition coefficient (Wildman–Crippen LogP) is 2.36. The van der Waals surface area contributed by atoms with E-state index in [1.165, 1.54) is 0 Å². The molecule has 0 aliphatic carbocycles. The molecule has 8 heteroatoms. The van der Waals surface area contributed by atoms with Gasteiger partial charge in [0.05, 0.1) is 17.5 Å². The Bertz CT molecular complexity index is 793. The van der Waals surface area contributed by atoms with Gasteiger partial charge < -0.3 is 9.84 Å². The van der Waals surface area contributed by atoms with Gasteiger partial charge in [-0.1, -0.05) is 11.2 Å². The van der Waals surface area contributed by atoms with E-state index in [4.69, 9.17) is 4.52 Å². The van der Waals surface area contributed by atoms with Gasteiger partial charge in [-0.2, -0.15) is 10.1 Å². The number of aromatic nitrogens is 5. The Kier molecular flexibility index (Phi) is 3.70. The summed E-state index contributed by atoms with van der Waals surface area (Å²) in [5, 5.41) is 14.1. The lowest BCUT2D eigenvalue weighted by molar-refractivity contribution is 0.288. The number of fused-ring (bicyclic) bond motifs is 1. The van der Waals surface area contributed by atoms with Gasteiger partial charge in [0.15, 0.2) is 0 Å². The van der Waals surface area contributed by atoms with Crippen molar-refractivity contribution in [3.63, 3.8) is 0 Å². The molecule has 4 heterocycles. The highest BCUT2D eigenvalue weighted by Crippen LogP contribution is 2.23. The van der Waals surface area contributed by atoms with Crippen molar-refractivity contribution >= 4 is 11.3 Å². The number of hydrogen-bond donors (Lipinski definition) is 1. The molecule has 4 rings (SSSR count). The third kappa shape index (κ3) is 2.91. The number of nitrogens with zero attached hydrogens (tertiary/aromatic N) is 5. The summed E-state index contributed by atoms with van der Waals surface area (Å²) in [7, 11) is 0. The molecule has 120 valence electrons. The standard InChI is InChI=1S/C15H18N6OS/c1-9(15-18-14(20-22-15)12-4-3-7-23-12)16-11-5-6-13-17-10(2)19-21(13)8-11/h3-4,7,9,11,16H,5-6,8H2,1-2H3/t9-,11+/m0/s1. The first kappa shape index (κ1) is 14.5. The summed E-state index contributed by atoms with van der Waals surface area (Å²) >= 11 is 1.61. The molecule has 3 aromatic heterocycles. The highest BCUT2D eigenvalue weighted by Gasteiger charge is 2.24. The van der Waals surface area contributed by atoms with Crippen LogP contribution in [0.15, 0.2) is 22.0 Å². The highest BCUT2D eigenvalue weighted by atomic mass is 32.1. The molecular formula is C15H18N6OS. The number of nitrogens with one attached hydrogen (secondary N) is 1. The molecule has 1 aliphatic heterocycles. The Morgan fingerprint density at radius 3 is 3.17 bits per heavy atom. The highest BCUT2D eigenvalue weighted by molar-refractivity contribution is 7.13. The van der Waals surface area contributed by atoms with Crippen molar-refractivity contribution < 1.29 is 4.52 Å². The van der Waals surface area contributed by atoms with Crippen LogP contribution < -0.4 is 5.32 Å². The van der Waals surface area contributed by atoms with Crippen LogP contribution in [0.3, 0.4) is 0 Å². The second kappa shape index (κ2) is 5.86. The van der Waals surface area contributed by atoms with Gasteiger partial charge >= 0.3 is 0 Å². The maximum atomic E-state index is 5.41. The molecular weight excluding hydrogens is 312 g/mol. The van der Waals surface area contributed by atoms with Crippen LogP contribution in [-0.4, -0.2) is 30.9 Å². The predicted molar refractivity (Wildman–Crippen MR) is 86.0 cm³/mol. The largest absolute Gasteiger partial charge is 0.337 e. The Morgan fingerprint density at radius 1 is 1.43 bits per heavy atom. The maximum absolute atomic E-state index is 5.41. The van der Waals surface area contributed by atoms with Gasteiger partial charge in [0.1, 0.15) is 11.6 Å². The molecule has 1 aliphatic rings. The monoisotopic (exact) mass is 330 g/mol. The number of thiophene rings is 1. The summed E-state index contributed by atoms with van der Waals surface area (Å²) < 4.78 is 7.41. The van der Waals surface area contributed by atoms with E-state index in [0.717, 1.165) is 35.9 Å². The molecule has 0 unspecified atom stereocenters. The Morgan fingerprint density at radius 2 is 2.35 bits per heavy atom. The molecule has 0 amide bonds. The van der Waals surface area contributed by atoms with Crippen LogP contribution >= 0.6 is 11.3 Å². The molecule has 0 spiro atoms. The van der Waals surface area contributed by atoms with E-state index in [-0.39, 0.29) is 6.04 Å². The van der Waals surface area contributed by atoms with Gasteiger partial charge in [-0.3, -0.25) is 0 Å². The maximum Gasteiger partial charge on any atom is 0.243 e. The van der Waals surface area contributed by atoms with E-state index >= 15 is 0 Å². The first-order chi connectivity index (χ1) is 11.2. The molecule has 3 aromatic rings. The minimum absolute atomic E-state index is 0.00683. The fourth-order valence-corrected chi connectivity index (χ4v) is 3.56. The normalized spacial score (nSPS) is 18.8. The molecule has 1 N–H and O–H groups in total. The van der Waals surface area contributed by atoms with Gasteiger partial charge in [0.25, 0.3) is 0 Å². The van der Waals surface area contributed by atoms with Crippen molar-refractivity contribution in [1.82, 2.24) is 30.2 Å². The van der Waals surface area contributed by atoms with Crippen molar-refractivity contribution in [1.29, 1.82) is 0 Å². The van der Waals surface area contributed by atoms with Crippen LogP contribution in [0.1, 0.15) is 36.9 Å². The van der Waals surface area contributed by atoms with Gasteiger partial charge in [-0.15, -0.1) is 11.3 Å². The van der Waals surface area contributed by atoms with Crippen molar-refractivity contribution in [3.05, 3.63) is 35.1 Å². The minimum Gasteiger partial charge on any atom is -0.337 e. The first-order valence-electron chi connectivity index (χ1n) is 7.73. The van der Waals surface area contributed by atoms with Crippen LogP contribution in [0.4, 0.5) is 0 Å². The molecule has 0 fully saturated rings. The molecule has 0 saturated heterocycles. The average Bonchev–Trinajstić information content (AvgIpc) is 3.26. The van der Waals surface area contributed by atoms with E-state index in [1.807, 2.05) is 36.0 Å². The van der Waals surface area contributed by atoms with E-state index < -0.39 is 0 Å². The second-order valence-corrected chi connectivity index (χ2v) is 6.76. The average molecular weight is 330 g/mol. The molecule has 0 saturated carbocycles. The summed E-state index contributed by atoms with van der Waals surface area (Å²) in [4.78, 5) is 9.96. The van der Waals surface area contributed by atoms with E-state index in [2.05, 4.69) is 25.5 Å². The van der Waals surface area contributed by atoms with E-state index in [0.29, 0.717) is 17.8 Å². The third-order valence-corrected chi connectivity index (χ3v) is 4.87. The topological polar surface area (TPSA) is 81.7 Å². The summed E-state index contributed by atoms with van der Waals surface area (Å²) in [6, 6.07) is 4.31. The van der Waals surface area contributed by atoms with Gasteiger partial charge in [-0.25, -0.2) is 9.67 Å². The third-order valence-electron chi connectivity index (χ3n) is 4.00. The lowest BCUT2D eigenvalue weighted by Crippen LogP contribution is -2.39.